The maximum atomic E-state index is 11.8. The van der Waals surface area contributed by atoms with Crippen LogP contribution in [0.4, 0.5) is 5.69 Å². The van der Waals surface area contributed by atoms with Gasteiger partial charge in [-0.25, -0.2) is 0 Å². The molecule has 0 spiro atoms. The molecule has 3 N–H and O–H groups in total. The molecule has 1 aromatic rings. The molecule has 0 radical (unpaired) electrons. The molecule has 1 saturated carbocycles. The summed E-state index contributed by atoms with van der Waals surface area (Å²) in [5, 5.41) is 3.29. The quantitative estimate of drug-likeness (QED) is 0.869. The van der Waals surface area contributed by atoms with Gasteiger partial charge in [0.05, 0.1) is 12.8 Å². The van der Waals surface area contributed by atoms with Crippen LogP contribution >= 0.6 is 0 Å². The molecule has 1 amide bonds. The molecule has 0 aromatic heterocycles. The number of anilines is 1. The van der Waals surface area contributed by atoms with Gasteiger partial charge in [0.1, 0.15) is 11.8 Å². The number of benzene rings is 1. The SMILES string of the molecule is COc1ccccc1NC(C(N)=O)C1CCCC(C)C1. The van der Waals surface area contributed by atoms with Crippen LogP contribution in [-0.4, -0.2) is 19.1 Å². The summed E-state index contributed by atoms with van der Waals surface area (Å²) in [5.41, 5.74) is 6.44. The average molecular weight is 276 g/mol. The predicted octanol–water partition coefficient (Wildman–Crippen LogP) is 2.79. The van der Waals surface area contributed by atoms with Crippen molar-refractivity contribution in [3.8, 4) is 5.75 Å². The summed E-state index contributed by atoms with van der Waals surface area (Å²) >= 11 is 0. The first-order chi connectivity index (χ1) is 9.61. The van der Waals surface area contributed by atoms with Gasteiger partial charge in [0, 0.05) is 0 Å². The fourth-order valence-corrected chi connectivity index (χ4v) is 3.14. The van der Waals surface area contributed by atoms with E-state index in [1.807, 2.05) is 24.3 Å². The molecule has 110 valence electrons. The largest absolute Gasteiger partial charge is 0.495 e. The minimum atomic E-state index is -0.325. The van der Waals surface area contributed by atoms with Crippen LogP contribution in [0.1, 0.15) is 32.6 Å². The van der Waals surface area contributed by atoms with Crippen molar-refractivity contribution in [1.29, 1.82) is 0 Å². The van der Waals surface area contributed by atoms with Crippen molar-refractivity contribution in [2.24, 2.45) is 17.6 Å². The van der Waals surface area contributed by atoms with E-state index in [0.29, 0.717) is 11.8 Å². The maximum Gasteiger partial charge on any atom is 0.240 e. The van der Waals surface area contributed by atoms with Gasteiger partial charge in [-0.15, -0.1) is 0 Å². The first-order valence-electron chi connectivity index (χ1n) is 7.30. The van der Waals surface area contributed by atoms with Crippen molar-refractivity contribution < 1.29 is 9.53 Å². The zero-order valence-electron chi connectivity index (χ0n) is 12.3. The van der Waals surface area contributed by atoms with Crippen molar-refractivity contribution in [3.05, 3.63) is 24.3 Å². The number of nitrogens with two attached hydrogens (primary N) is 1. The number of carbonyl (C=O) groups is 1. The molecular formula is C16H24N2O2. The van der Waals surface area contributed by atoms with E-state index in [4.69, 9.17) is 10.5 Å². The van der Waals surface area contributed by atoms with Crippen molar-refractivity contribution >= 4 is 11.6 Å². The summed E-state index contributed by atoms with van der Waals surface area (Å²) in [6.45, 7) is 2.24. The molecule has 3 atom stereocenters. The van der Waals surface area contributed by atoms with Gasteiger partial charge in [-0.05, 0) is 36.8 Å². The second-order valence-corrected chi connectivity index (χ2v) is 5.76. The Morgan fingerprint density at radius 3 is 2.80 bits per heavy atom. The molecule has 1 aliphatic carbocycles. The molecule has 4 heteroatoms. The molecule has 0 bridgehead atoms. The summed E-state index contributed by atoms with van der Waals surface area (Å²) in [6, 6.07) is 7.30. The molecule has 0 heterocycles. The minimum absolute atomic E-state index is 0.282. The molecule has 1 aromatic carbocycles. The van der Waals surface area contributed by atoms with Crippen molar-refractivity contribution in [3.63, 3.8) is 0 Å². The second kappa shape index (κ2) is 6.64. The third-order valence-electron chi connectivity index (χ3n) is 4.17. The zero-order chi connectivity index (χ0) is 14.5. The van der Waals surface area contributed by atoms with Gasteiger partial charge in [0.2, 0.25) is 5.91 Å². The number of para-hydroxylation sites is 2. The Bertz CT molecular complexity index is 462. The normalized spacial score (nSPS) is 23.9. The van der Waals surface area contributed by atoms with Gasteiger partial charge >= 0.3 is 0 Å². The van der Waals surface area contributed by atoms with Crippen LogP contribution in [0, 0.1) is 11.8 Å². The van der Waals surface area contributed by atoms with Gasteiger partial charge in [0.15, 0.2) is 0 Å². The van der Waals surface area contributed by atoms with E-state index in [9.17, 15) is 4.79 Å². The summed E-state index contributed by atoms with van der Waals surface area (Å²) in [7, 11) is 1.63. The monoisotopic (exact) mass is 276 g/mol. The first kappa shape index (κ1) is 14.7. The van der Waals surface area contributed by atoms with E-state index in [1.165, 1.54) is 12.8 Å². The minimum Gasteiger partial charge on any atom is -0.495 e. The predicted molar refractivity (Wildman–Crippen MR) is 80.7 cm³/mol. The Morgan fingerprint density at radius 2 is 2.15 bits per heavy atom. The Morgan fingerprint density at radius 1 is 1.40 bits per heavy atom. The Balaban J connectivity index is 2.15. The standard InChI is InChI=1S/C16H24N2O2/c1-11-6-5-7-12(10-11)15(16(17)19)18-13-8-3-4-9-14(13)20-2/h3-4,8-9,11-12,15,18H,5-7,10H2,1-2H3,(H2,17,19). The second-order valence-electron chi connectivity index (χ2n) is 5.76. The van der Waals surface area contributed by atoms with Gasteiger partial charge in [-0.3, -0.25) is 4.79 Å². The lowest BCUT2D eigenvalue weighted by Gasteiger charge is -2.32. The summed E-state index contributed by atoms with van der Waals surface area (Å²) < 4.78 is 5.32. The van der Waals surface area contributed by atoms with Crippen molar-refractivity contribution in [1.82, 2.24) is 0 Å². The van der Waals surface area contributed by atoms with Crippen LogP contribution in [0.15, 0.2) is 24.3 Å². The lowest BCUT2D eigenvalue weighted by atomic mass is 9.78. The molecule has 0 saturated heterocycles. The molecule has 3 unspecified atom stereocenters. The highest BCUT2D eigenvalue weighted by Crippen LogP contribution is 2.33. The Kier molecular flexibility index (Phi) is 4.88. The number of hydrogen-bond donors (Lipinski definition) is 2. The van der Waals surface area contributed by atoms with Crippen LogP contribution in [0.2, 0.25) is 0 Å². The molecule has 0 aliphatic heterocycles. The fraction of sp³-hybridized carbons (Fsp3) is 0.562. The van der Waals surface area contributed by atoms with Gasteiger partial charge in [-0.1, -0.05) is 31.9 Å². The molecule has 1 aliphatic rings. The van der Waals surface area contributed by atoms with E-state index in [-0.39, 0.29) is 11.9 Å². The van der Waals surface area contributed by atoms with Crippen LogP contribution in [0.5, 0.6) is 5.75 Å². The van der Waals surface area contributed by atoms with Gasteiger partial charge < -0.3 is 15.8 Å². The van der Waals surface area contributed by atoms with Crippen LogP contribution in [0.3, 0.4) is 0 Å². The molecule has 4 nitrogen and oxygen atoms in total. The zero-order valence-corrected chi connectivity index (χ0v) is 12.3. The number of amides is 1. The molecular weight excluding hydrogens is 252 g/mol. The number of rotatable bonds is 5. The van der Waals surface area contributed by atoms with E-state index in [1.54, 1.807) is 7.11 Å². The van der Waals surface area contributed by atoms with Crippen LogP contribution in [-0.2, 0) is 4.79 Å². The van der Waals surface area contributed by atoms with E-state index < -0.39 is 0 Å². The van der Waals surface area contributed by atoms with Crippen molar-refractivity contribution in [2.45, 2.75) is 38.6 Å². The van der Waals surface area contributed by atoms with Gasteiger partial charge in [0.25, 0.3) is 0 Å². The smallest absolute Gasteiger partial charge is 0.240 e. The third-order valence-corrected chi connectivity index (χ3v) is 4.17. The number of carbonyl (C=O) groups excluding carboxylic acids is 1. The summed E-state index contributed by atoms with van der Waals surface area (Å²) in [4.78, 5) is 11.8. The first-order valence-corrected chi connectivity index (χ1v) is 7.30. The maximum absolute atomic E-state index is 11.8. The Labute approximate surface area is 120 Å². The number of primary amides is 1. The lowest BCUT2D eigenvalue weighted by Crippen LogP contribution is -2.43. The molecule has 2 rings (SSSR count). The number of methoxy groups -OCH3 is 1. The van der Waals surface area contributed by atoms with E-state index >= 15 is 0 Å². The summed E-state index contributed by atoms with van der Waals surface area (Å²) in [6.07, 6.45) is 4.52. The topological polar surface area (TPSA) is 64.3 Å². The van der Waals surface area contributed by atoms with Crippen molar-refractivity contribution in [2.75, 3.05) is 12.4 Å². The third kappa shape index (κ3) is 3.44. The number of ether oxygens (including phenoxy) is 1. The van der Waals surface area contributed by atoms with Crippen LogP contribution in [0.25, 0.3) is 0 Å². The van der Waals surface area contributed by atoms with E-state index in [0.717, 1.165) is 24.3 Å². The highest BCUT2D eigenvalue weighted by molar-refractivity contribution is 5.84. The lowest BCUT2D eigenvalue weighted by molar-refractivity contribution is -0.120. The molecule has 20 heavy (non-hydrogen) atoms. The number of nitrogens with one attached hydrogen (secondary N) is 1. The highest BCUT2D eigenvalue weighted by Gasteiger charge is 2.30. The van der Waals surface area contributed by atoms with Crippen LogP contribution < -0.4 is 15.8 Å². The number of hydrogen-bond acceptors (Lipinski definition) is 3. The van der Waals surface area contributed by atoms with Gasteiger partial charge in [-0.2, -0.15) is 0 Å². The average Bonchev–Trinajstić information content (AvgIpc) is 2.44. The molecule has 1 fully saturated rings. The Hall–Kier alpha value is -1.71. The van der Waals surface area contributed by atoms with E-state index in [2.05, 4.69) is 12.2 Å². The summed E-state index contributed by atoms with van der Waals surface area (Å²) in [5.74, 6) is 1.42. The highest BCUT2D eigenvalue weighted by atomic mass is 16.5. The fourth-order valence-electron chi connectivity index (χ4n) is 3.14.